The first-order chi connectivity index (χ1) is 36.2. The predicted octanol–water partition coefficient (Wildman–Crippen LogP) is 4.03. The highest BCUT2D eigenvalue weighted by molar-refractivity contribution is 6.34. The lowest BCUT2D eigenvalue weighted by molar-refractivity contribution is -0.340. The maximum atomic E-state index is 14.1. The minimum atomic E-state index is -1.15. The fourth-order valence-corrected chi connectivity index (χ4v) is 11.8. The minimum absolute atomic E-state index is 0.0164. The molecule has 0 saturated carbocycles. The third-order valence-corrected chi connectivity index (χ3v) is 15.9. The highest BCUT2D eigenvalue weighted by atomic mass is 18.1. The molecule has 6 aliphatic heterocycles. The predicted molar refractivity (Wildman–Crippen MR) is 263 cm³/mol. The highest BCUT2D eigenvalue weighted by Gasteiger charge is 2.48. The summed E-state index contributed by atoms with van der Waals surface area (Å²) in [7, 11) is 0. The van der Waals surface area contributed by atoms with Crippen molar-refractivity contribution in [3.05, 3.63) is 64.2 Å². The molecule has 7 N–H and O–H groups in total. The Bertz CT molecular complexity index is 2550. The van der Waals surface area contributed by atoms with Crippen LogP contribution in [0.1, 0.15) is 130 Å². The first-order valence-corrected chi connectivity index (χ1v) is 26.7. The quantitative estimate of drug-likeness (QED) is 0.0986. The van der Waals surface area contributed by atoms with Gasteiger partial charge in [0.2, 0.25) is 6.29 Å². The number of rotatable bonds is 12. The number of phenolic OH excluding ortho intramolecular Hbond substituents is 2. The van der Waals surface area contributed by atoms with E-state index < -0.39 is 153 Å². The van der Waals surface area contributed by atoms with Gasteiger partial charge in [0.15, 0.2) is 43.0 Å². The summed E-state index contributed by atoms with van der Waals surface area (Å²) in [4.78, 5) is 28.2. The fraction of sp³-hybridized carbons (Fsp3) is 0.673. The standard InChI is InChI=1S/C55H72O21/c1-22-16-29-8-9-30-47(46(29)33(58)17-22)53(64)48-32(57)10-12-37(49(48)52(30)63)72-43-19-35(60)55(28(7)70-43)76-45-21-39(51(62)26(5)68-45)74-41-15-13-36(24(3)66-41)71-42-18-34(59)54(27(6)69-42)75-44-20-38(50(61)25(4)67-44)73-40-14-11-31(56)23(2)65-40/h8-10,12,16-17,23-28,31,34-36,38-45,50-51,54-62H,11,13-15,18-21H2,1-7H3/t23-,24-,25+,26+,27+,28+,31-,34+,35+,36-,38+,39+,40-,41-,42-,43-,44-,45-,50+,51+,54+,55+/m0/s1/i63+2,64+2. The number of ether oxygens (including phenoxy) is 12. The van der Waals surface area contributed by atoms with E-state index in [1.165, 1.54) is 24.3 Å². The Balaban J connectivity index is 0.697. The van der Waals surface area contributed by atoms with Crippen LogP contribution < -0.4 is 4.74 Å². The van der Waals surface area contributed by atoms with Gasteiger partial charge in [0, 0.05) is 55.0 Å². The minimum Gasteiger partial charge on any atom is -0.507 e. The molecule has 418 valence electrons. The number of aryl methyl sites for hydroxylation is 1. The molecule has 0 spiro atoms. The molecule has 0 aromatic heterocycles. The van der Waals surface area contributed by atoms with Crippen LogP contribution in [0.3, 0.4) is 0 Å². The van der Waals surface area contributed by atoms with E-state index >= 15 is 0 Å². The molecule has 10 rings (SSSR count). The van der Waals surface area contributed by atoms with Crippen LogP contribution >= 0.6 is 0 Å². The van der Waals surface area contributed by atoms with Gasteiger partial charge in [0.1, 0.15) is 41.7 Å². The normalized spacial score (nSPS) is 41.1. The van der Waals surface area contributed by atoms with Gasteiger partial charge in [-0.3, -0.25) is 9.59 Å². The SMILES string of the molecule is Cc1cc(O)c2c3c(ccc2c1)C(=[18O])c1c(O[C@H]2C[C@@H](O)[C@H](O[C@H]4C[C@@H](O[C@H]5CC[C@H](O[C@H]6C[C@@H](O)[C@H](O[C@H]7C[C@@H](O[C@H]8CC[C@H](O)[C@H](C)O8)[C@H](O)[C@@H](C)O7)[C@@H](C)O6)[C@H](C)O5)[C@H](O)[C@@H](C)O4)[C@@H](C)O2)ccc(O)c1C3=[18O]. The van der Waals surface area contributed by atoms with E-state index in [1.54, 1.807) is 53.7 Å². The maximum absolute atomic E-state index is 14.1. The Morgan fingerprint density at radius 1 is 0.461 bits per heavy atom. The number of fused-ring (bicyclic) bond motifs is 4. The molecule has 21 heteroatoms. The van der Waals surface area contributed by atoms with E-state index in [2.05, 4.69) is 0 Å². The summed E-state index contributed by atoms with van der Waals surface area (Å²) in [6, 6.07) is 9.07. The van der Waals surface area contributed by atoms with E-state index in [0.717, 1.165) is 5.56 Å². The second-order valence-corrected chi connectivity index (χ2v) is 21.6. The van der Waals surface area contributed by atoms with Crippen molar-refractivity contribution in [2.24, 2.45) is 0 Å². The van der Waals surface area contributed by atoms with Crippen molar-refractivity contribution in [2.75, 3.05) is 0 Å². The van der Waals surface area contributed by atoms with E-state index in [0.29, 0.717) is 31.1 Å². The fourth-order valence-electron chi connectivity index (χ4n) is 11.8. The lowest BCUT2D eigenvalue weighted by atomic mass is 9.81. The number of aliphatic hydroxyl groups is 5. The number of hydrogen-bond acceptors (Lipinski definition) is 21. The molecule has 6 heterocycles. The average molecular weight is 1070 g/mol. The van der Waals surface area contributed by atoms with Crippen LogP contribution in [0.15, 0.2) is 36.4 Å². The summed E-state index contributed by atoms with van der Waals surface area (Å²) in [6.07, 6.45) is -14.4. The zero-order valence-corrected chi connectivity index (χ0v) is 43.7. The van der Waals surface area contributed by atoms with Crippen LogP contribution in [0, 0.1) is 6.92 Å². The molecule has 0 unspecified atom stereocenters. The van der Waals surface area contributed by atoms with Crippen LogP contribution in [0.25, 0.3) is 10.8 Å². The number of ketones is 2. The molecule has 6 saturated heterocycles. The van der Waals surface area contributed by atoms with E-state index in [-0.39, 0.29) is 64.8 Å². The average Bonchev–Trinajstić information content (AvgIpc) is 3.47. The molecular weight excluding hydrogens is 1000 g/mol. The van der Waals surface area contributed by atoms with Gasteiger partial charge in [-0.1, -0.05) is 12.1 Å². The number of carbonyl (C=O) groups is 2. The Morgan fingerprint density at radius 3 is 1.58 bits per heavy atom. The van der Waals surface area contributed by atoms with Gasteiger partial charge in [-0.25, -0.2) is 0 Å². The van der Waals surface area contributed by atoms with Gasteiger partial charge in [-0.05, 0) is 96.5 Å². The van der Waals surface area contributed by atoms with Crippen molar-refractivity contribution < 1.29 is 102 Å². The molecule has 0 bridgehead atoms. The third-order valence-electron chi connectivity index (χ3n) is 15.9. The van der Waals surface area contributed by atoms with Gasteiger partial charge >= 0.3 is 0 Å². The van der Waals surface area contributed by atoms with Gasteiger partial charge in [0.25, 0.3) is 0 Å². The molecule has 22 atom stereocenters. The number of aromatic hydroxyl groups is 2. The Kier molecular flexibility index (Phi) is 16.5. The smallest absolute Gasteiger partial charge is 0.202 e. The molecule has 0 radical (unpaired) electrons. The molecule has 1 aliphatic carbocycles. The number of aliphatic hydroxyl groups excluding tert-OH is 5. The first-order valence-electron chi connectivity index (χ1n) is 26.7. The van der Waals surface area contributed by atoms with Gasteiger partial charge in [-0.2, -0.15) is 0 Å². The molecular formula is C55H72O21. The summed E-state index contributed by atoms with van der Waals surface area (Å²) in [5.41, 5.74) is 0.360. The molecule has 6 fully saturated rings. The maximum Gasteiger partial charge on any atom is 0.202 e. The summed E-state index contributed by atoms with van der Waals surface area (Å²) in [5.74, 6) is -1.88. The highest BCUT2D eigenvalue weighted by Crippen LogP contribution is 2.44. The zero-order chi connectivity index (χ0) is 54.0. The second-order valence-electron chi connectivity index (χ2n) is 21.6. The third kappa shape index (κ3) is 11.3. The summed E-state index contributed by atoms with van der Waals surface area (Å²) < 4.78 is 74.2. The molecule has 21 nitrogen and oxygen atoms in total. The Hall–Kier alpha value is -3.98. The van der Waals surface area contributed by atoms with Crippen molar-refractivity contribution >= 4 is 22.3 Å². The molecule has 3 aromatic rings. The lowest BCUT2D eigenvalue weighted by Crippen LogP contribution is -2.56. The topological polar surface area (TPSA) is 287 Å². The number of carbonyl (C=O) groups excluding carboxylic acids is 2. The molecule has 0 amide bonds. The first kappa shape index (κ1) is 55.3. The van der Waals surface area contributed by atoms with Crippen LogP contribution in [0.2, 0.25) is 0 Å². The van der Waals surface area contributed by atoms with Crippen molar-refractivity contribution in [1.29, 1.82) is 0 Å². The van der Waals surface area contributed by atoms with Crippen molar-refractivity contribution in [3.8, 4) is 17.2 Å². The number of benzene rings is 3. The summed E-state index contributed by atoms with van der Waals surface area (Å²) in [6.45, 7) is 12.3. The van der Waals surface area contributed by atoms with E-state index in [4.69, 9.17) is 56.8 Å². The molecule has 7 aliphatic rings. The van der Waals surface area contributed by atoms with Crippen LogP contribution in [0.4, 0.5) is 0 Å². The van der Waals surface area contributed by atoms with E-state index in [9.17, 15) is 45.3 Å². The van der Waals surface area contributed by atoms with Crippen LogP contribution in [-0.2, 0) is 52.1 Å². The largest absolute Gasteiger partial charge is 0.507 e. The van der Waals surface area contributed by atoms with Crippen LogP contribution in [0.5, 0.6) is 17.2 Å². The van der Waals surface area contributed by atoms with Crippen molar-refractivity contribution in [3.63, 3.8) is 0 Å². The zero-order valence-electron chi connectivity index (χ0n) is 43.7. The number of hydrogen-bond donors (Lipinski definition) is 7. The van der Waals surface area contributed by atoms with Gasteiger partial charge in [-0.15, -0.1) is 0 Å². The lowest BCUT2D eigenvalue weighted by Gasteiger charge is -2.45. The monoisotopic (exact) mass is 1070 g/mol. The summed E-state index contributed by atoms with van der Waals surface area (Å²) in [5, 5.41) is 77.5. The van der Waals surface area contributed by atoms with Crippen LogP contribution in [-0.4, -0.2) is 183 Å². The Morgan fingerprint density at radius 2 is 0.987 bits per heavy atom. The van der Waals surface area contributed by atoms with Crippen molar-refractivity contribution in [2.45, 2.75) is 235 Å². The summed E-state index contributed by atoms with van der Waals surface area (Å²) >= 11 is 0. The number of phenols is 2. The molecule has 76 heavy (non-hydrogen) atoms. The second kappa shape index (κ2) is 22.6. The van der Waals surface area contributed by atoms with Gasteiger partial charge in [0.05, 0.1) is 84.4 Å². The van der Waals surface area contributed by atoms with E-state index in [1.807, 2.05) is 6.92 Å². The van der Waals surface area contributed by atoms with Crippen molar-refractivity contribution in [1.82, 2.24) is 0 Å². The van der Waals surface area contributed by atoms with Gasteiger partial charge < -0.3 is 92.6 Å². The molecule has 3 aromatic carbocycles. The Labute approximate surface area is 440 Å².